The quantitative estimate of drug-likeness (QED) is 0.715. The Labute approximate surface area is 82.7 Å². The Balaban J connectivity index is 2.39. The van der Waals surface area contributed by atoms with Crippen molar-refractivity contribution >= 4 is 0 Å². The molecule has 0 bridgehead atoms. The first-order valence-electron chi connectivity index (χ1n) is 5.66. The molecule has 2 unspecified atom stereocenters. The van der Waals surface area contributed by atoms with Crippen LogP contribution >= 0.6 is 0 Å². The maximum atomic E-state index is 3.61. The van der Waals surface area contributed by atoms with Gasteiger partial charge in [-0.1, -0.05) is 27.7 Å². The Morgan fingerprint density at radius 1 is 1.31 bits per heavy atom. The first-order valence-corrected chi connectivity index (χ1v) is 5.66. The third kappa shape index (κ3) is 2.68. The van der Waals surface area contributed by atoms with E-state index >= 15 is 0 Å². The first kappa shape index (κ1) is 11.0. The van der Waals surface area contributed by atoms with Crippen LogP contribution < -0.4 is 5.32 Å². The van der Waals surface area contributed by atoms with Crippen molar-refractivity contribution in [1.82, 2.24) is 10.2 Å². The van der Waals surface area contributed by atoms with Crippen molar-refractivity contribution in [1.29, 1.82) is 0 Å². The van der Waals surface area contributed by atoms with Crippen LogP contribution in [0.5, 0.6) is 0 Å². The number of hydrogen-bond donors (Lipinski definition) is 1. The van der Waals surface area contributed by atoms with Gasteiger partial charge in [-0.25, -0.2) is 0 Å². The third-order valence-corrected chi connectivity index (χ3v) is 3.28. The van der Waals surface area contributed by atoms with E-state index in [9.17, 15) is 0 Å². The molecule has 0 aromatic rings. The van der Waals surface area contributed by atoms with Crippen LogP contribution in [0.25, 0.3) is 0 Å². The van der Waals surface area contributed by atoms with Gasteiger partial charge in [-0.3, -0.25) is 4.90 Å². The van der Waals surface area contributed by atoms with Crippen LogP contribution in [0.4, 0.5) is 0 Å². The Morgan fingerprint density at radius 2 is 1.92 bits per heavy atom. The molecule has 13 heavy (non-hydrogen) atoms. The highest BCUT2D eigenvalue weighted by Gasteiger charge is 2.28. The molecule has 0 aromatic heterocycles. The summed E-state index contributed by atoms with van der Waals surface area (Å²) in [7, 11) is 0. The van der Waals surface area contributed by atoms with Crippen molar-refractivity contribution in [3.05, 3.63) is 0 Å². The second kappa shape index (κ2) is 4.97. The van der Waals surface area contributed by atoms with Crippen molar-refractivity contribution in [3.63, 3.8) is 0 Å². The highest BCUT2D eigenvalue weighted by atomic mass is 15.2. The molecule has 2 atom stereocenters. The van der Waals surface area contributed by atoms with Gasteiger partial charge in [0.05, 0.1) is 0 Å². The Hall–Kier alpha value is -0.0800. The highest BCUT2D eigenvalue weighted by molar-refractivity contribution is 4.88. The van der Waals surface area contributed by atoms with Crippen LogP contribution in [0.2, 0.25) is 0 Å². The molecule has 0 saturated carbocycles. The average molecular weight is 184 g/mol. The fourth-order valence-electron chi connectivity index (χ4n) is 2.27. The molecule has 1 saturated heterocycles. The van der Waals surface area contributed by atoms with Gasteiger partial charge < -0.3 is 5.32 Å². The van der Waals surface area contributed by atoms with Crippen molar-refractivity contribution in [2.45, 2.75) is 46.2 Å². The average Bonchev–Trinajstić information content (AvgIpc) is 2.56. The zero-order chi connectivity index (χ0) is 9.84. The maximum Gasteiger partial charge on any atom is 0.0235 e. The van der Waals surface area contributed by atoms with Gasteiger partial charge in [0.25, 0.3) is 0 Å². The lowest BCUT2D eigenvalue weighted by atomic mass is 10.0. The maximum absolute atomic E-state index is 3.61. The topological polar surface area (TPSA) is 15.3 Å². The summed E-state index contributed by atoms with van der Waals surface area (Å²) in [6.07, 6.45) is 1.33. The number of rotatable bonds is 4. The number of hydrogen-bond acceptors (Lipinski definition) is 2. The smallest absolute Gasteiger partial charge is 0.0235 e. The predicted octanol–water partition coefficient (Wildman–Crippen LogP) is 1.71. The molecule has 0 radical (unpaired) electrons. The van der Waals surface area contributed by atoms with E-state index in [1.54, 1.807) is 0 Å². The van der Waals surface area contributed by atoms with Gasteiger partial charge in [0.1, 0.15) is 0 Å². The van der Waals surface area contributed by atoms with Gasteiger partial charge in [0.15, 0.2) is 0 Å². The summed E-state index contributed by atoms with van der Waals surface area (Å²) >= 11 is 0. The van der Waals surface area contributed by atoms with Crippen LogP contribution in [0.3, 0.4) is 0 Å². The van der Waals surface area contributed by atoms with Crippen LogP contribution in [0, 0.1) is 5.92 Å². The standard InChI is InChI=1S/C11H24N2/c1-5-13(6-2)10-7-11(9(3)4)12-8-10/h9-12H,5-8H2,1-4H3. The summed E-state index contributed by atoms with van der Waals surface area (Å²) in [5.74, 6) is 0.778. The highest BCUT2D eigenvalue weighted by Crippen LogP contribution is 2.18. The lowest BCUT2D eigenvalue weighted by Crippen LogP contribution is -2.36. The Kier molecular flexibility index (Phi) is 4.20. The zero-order valence-electron chi connectivity index (χ0n) is 9.51. The monoisotopic (exact) mass is 184 g/mol. The minimum atomic E-state index is 0.741. The lowest BCUT2D eigenvalue weighted by molar-refractivity contribution is 0.226. The molecule has 1 fully saturated rings. The molecule has 1 rings (SSSR count). The molecule has 2 heteroatoms. The van der Waals surface area contributed by atoms with Crippen molar-refractivity contribution in [2.75, 3.05) is 19.6 Å². The van der Waals surface area contributed by atoms with E-state index < -0.39 is 0 Å². The predicted molar refractivity (Wildman–Crippen MR) is 58.0 cm³/mol. The van der Waals surface area contributed by atoms with Crippen LogP contribution in [-0.2, 0) is 0 Å². The third-order valence-electron chi connectivity index (χ3n) is 3.28. The second-order valence-electron chi connectivity index (χ2n) is 4.37. The Bertz CT molecular complexity index is 141. The lowest BCUT2D eigenvalue weighted by Gasteiger charge is -2.25. The van der Waals surface area contributed by atoms with E-state index in [4.69, 9.17) is 0 Å². The molecule has 1 aliphatic heterocycles. The summed E-state index contributed by atoms with van der Waals surface area (Å²) in [6, 6.07) is 1.52. The number of nitrogens with zero attached hydrogens (tertiary/aromatic N) is 1. The molecule has 0 aromatic carbocycles. The van der Waals surface area contributed by atoms with Crippen molar-refractivity contribution in [3.8, 4) is 0 Å². The van der Waals surface area contributed by atoms with Gasteiger partial charge in [-0.05, 0) is 25.4 Å². The number of nitrogens with one attached hydrogen (secondary N) is 1. The fourth-order valence-corrected chi connectivity index (χ4v) is 2.27. The van der Waals surface area contributed by atoms with Crippen molar-refractivity contribution in [2.24, 2.45) is 5.92 Å². The molecular formula is C11H24N2. The molecule has 1 aliphatic rings. The van der Waals surface area contributed by atoms with Gasteiger partial charge >= 0.3 is 0 Å². The van der Waals surface area contributed by atoms with E-state index in [1.807, 2.05) is 0 Å². The van der Waals surface area contributed by atoms with E-state index in [0.29, 0.717) is 0 Å². The first-order chi connectivity index (χ1) is 6.19. The Morgan fingerprint density at radius 3 is 2.31 bits per heavy atom. The molecule has 78 valence electrons. The van der Waals surface area contributed by atoms with Gasteiger partial charge in [-0.2, -0.15) is 0 Å². The molecule has 2 nitrogen and oxygen atoms in total. The number of likely N-dealkylation sites (N-methyl/N-ethyl adjacent to an activating group) is 1. The minimum Gasteiger partial charge on any atom is -0.312 e. The largest absolute Gasteiger partial charge is 0.312 e. The second-order valence-corrected chi connectivity index (χ2v) is 4.37. The SMILES string of the molecule is CCN(CC)C1CNC(C(C)C)C1. The van der Waals surface area contributed by atoms with Gasteiger partial charge in [-0.15, -0.1) is 0 Å². The van der Waals surface area contributed by atoms with Crippen LogP contribution in [0.15, 0.2) is 0 Å². The summed E-state index contributed by atoms with van der Waals surface area (Å²) < 4.78 is 0. The molecule has 0 aliphatic carbocycles. The molecular weight excluding hydrogens is 160 g/mol. The molecule has 0 amide bonds. The van der Waals surface area contributed by atoms with E-state index in [-0.39, 0.29) is 0 Å². The van der Waals surface area contributed by atoms with Crippen molar-refractivity contribution < 1.29 is 0 Å². The fraction of sp³-hybridized carbons (Fsp3) is 1.00. The van der Waals surface area contributed by atoms with Crippen LogP contribution in [0.1, 0.15) is 34.1 Å². The molecule has 0 spiro atoms. The summed E-state index contributed by atoms with van der Waals surface area (Å²) in [4.78, 5) is 2.56. The summed E-state index contributed by atoms with van der Waals surface area (Å²) in [5, 5.41) is 3.61. The van der Waals surface area contributed by atoms with Gasteiger partial charge in [0.2, 0.25) is 0 Å². The van der Waals surface area contributed by atoms with Crippen LogP contribution in [-0.4, -0.2) is 36.6 Å². The minimum absolute atomic E-state index is 0.741. The summed E-state index contributed by atoms with van der Waals surface area (Å²) in [5.41, 5.74) is 0. The molecule has 1 heterocycles. The van der Waals surface area contributed by atoms with Gasteiger partial charge in [0, 0.05) is 18.6 Å². The van der Waals surface area contributed by atoms with E-state index in [1.165, 1.54) is 26.1 Å². The summed E-state index contributed by atoms with van der Waals surface area (Å²) in [6.45, 7) is 12.7. The van der Waals surface area contributed by atoms with E-state index in [0.717, 1.165) is 18.0 Å². The van der Waals surface area contributed by atoms with E-state index in [2.05, 4.69) is 37.9 Å². The zero-order valence-corrected chi connectivity index (χ0v) is 9.51. The molecule has 1 N–H and O–H groups in total. The normalized spacial score (nSPS) is 29.1.